The molecule has 0 aliphatic carbocycles. The SMILES string of the molecule is NC1CSSC[C@H](N)C(=O)OCCCCOC1=O. The molecule has 0 spiro atoms. The van der Waals surface area contributed by atoms with Crippen LogP contribution in [0, 0.1) is 0 Å². The maximum atomic E-state index is 11.4. The number of esters is 2. The van der Waals surface area contributed by atoms with Crippen LogP contribution in [0.3, 0.4) is 0 Å². The molecule has 104 valence electrons. The molecule has 1 fully saturated rings. The third-order valence-corrected chi connectivity index (χ3v) is 4.68. The van der Waals surface area contributed by atoms with E-state index in [4.69, 9.17) is 20.9 Å². The summed E-state index contributed by atoms with van der Waals surface area (Å²) < 4.78 is 9.99. The van der Waals surface area contributed by atoms with Gasteiger partial charge in [0.15, 0.2) is 0 Å². The van der Waals surface area contributed by atoms with Crippen LogP contribution in [0.1, 0.15) is 12.8 Å². The lowest BCUT2D eigenvalue weighted by Gasteiger charge is -2.14. The van der Waals surface area contributed by atoms with E-state index in [2.05, 4.69) is 0 Å². The van der Waals surface area contributed by atoms with Crippen molar-refractivity contribution in [3.63, 3.8) is 0 Å². The van der Waals surface area contributed by atoms with Crippen LogP contribution in [0.5, 0.6) is 0 Å². The number of nitrogens with two attached hydrogens (primary N) is 2. The fourth-order valence-electron chi connectivity index (χ4n) is 1.14. The van der Waals surface area contributed by atoms with E-state index in [0.29, 0.717) is 37.6 Å². The molecule has 8 heteroatoms. The van der Waals surface area contributed by atoms with Crippen LogP contribution in [-0.4, -0.2) is 48.7 Å². The van der Waals surface area contributed by atoms with Gasteiger partial charge in [0.25, 0.3) is 0 Å². The first-order chi connectivity index (χ1) is 8.61. The number of hydrogen-bond donors (Lipinski definition) is 2. The van der Waals surface area contributed by atoms with E-state index in [1.807, 2.05) is 0 Å². The largest absolute Gasteiger partial charge is 0.465 e. The van der Waals surface area contributed by atoms with Crippen LogP contribution in [-0.2, 0) is 19.1 Å². The summed E-state index contributed by atoms with van der Waals surface area (Å²) in [7, 11) is 2.80. The molecule has 0 bridgehead atoms. The predicted molar refractivity (Wildman–Crippen MR) is 72.0 cm³/mol. The number of rotatable bonds is 0. The smallest absolute Gasteiger partial charge is 0.323 e. The quantitative estimate of drug-likeness (QED) is 0.471. The minimum Gasteiger partial charge on any atom is -0.465 e. The lowest BCUT2D eigenvalue weighted by atomic mass is 10.3. The molecule has 1 aliphatic heterocycles. The second-order valence-electron chi connectivity index (χ2n) is 3.82. The molecule has 1 aliphatic rings. The minimum absolute atomic E-state index is 0.300. The third kappa shape index (κ3) is 5.94. The molecule has 0 saturated carbocycles. The Morgan fingerprint density at radius 1 is 0.889 bits per heavy atom. The summed E-state index contributed by atoms with van der Waals surface area (Å²) >= 11 is 0. The summed E-state index contributed by atoms with van der Waals surface area (Å²) in [6.07, 6.45) is 1.28. The summed E-state index contributed by atoms with van der Waals surface area (Å²) in [4.78, 5) is 22.8. The number of carbonyl (C=O) groups is 2. The van der Waals surface area contributed by atoms with E-state index in [1.54, 1.807) is 0 Å². The van der Waals surface area contributed by atoms with Gasteiger partial charge in [-0.3, -0.25) is 9.59 Å². The van der Waals surface area contributed by atoms with Crippen molar-refractivity contribution in [2.45, 2.75) is 24.9 Å². The van der Waals surface area contributed by atoms with Crippen molar-refractivity contribution >= 4 is 33.5 Å². The van der Waals surface area contributed by atoms with Crippen LogP contribution in [0.15, 0.2) is 0 Å². The summed E-state index contributed by atoms with van der Waals surface area (Å²) in [6.45, 7) is 0.599. The number of ether oxygens (including phenoxy) is 2. The van der Waals surface area contributed by atoms with E-state index >= 15 is 0 Å². The maximum absolute atomic E-state index is 11.4. The lowest BCUT2D eigenvalue weighted by molar-refractivity contribution is -0.147. The molecule has 0 aromatic carbocycles. The van der Waals surface area contributed by atoms with Crippen LogP contribution in [0.2, 0.25) is 0 Å². The summed E-state index contributed by atoms with van der Waals surface area (Å²) in [5, 5.41) is 0. The van der Waals surface area contributed by atoms with Crippen molar-refractivity contribution in [1.29, 1.82) is 0 Å². The van der Waals surface area contributed by atoms with Gasteiger partial charge in [-0.2, -0.15) is 0 Å². The van der Waals surface area contributed by atoms with Crippen molar-refractivity contribution in [1.82, 2.24) is 0 Å². The van der Waals surface area contributed by atoms with Gasteiger partial charge in [-0.1, -0.05) is 21.6 Å². The van der Waals surface area contributed by atoms with Gasteiger partial charge in [-0.15, -0.1) is 0 Å². The van der Waals surface area contributed by atoms with Gasteiger partial charge in [0.2, 0.25) is 0 Å². The van der Waals surface area contributed by atoms with Crippen molar-refractivity contribution in [3.05, 3.63) is 0 Å². The zero-order valence-corrected chi connectivity index (χ0v) is 11.6. The first kappa shape index (κ1) is 15.6. The van der Waals surface area contributed by atoms with E-state index in [-0.39, 0.29) is 11.9 Å². The van der Waals surface area contributed by atoms with Gasteiger partial charge >= 0.3 is 11.9 Å². The molecule has 18 heavy (non-hydrogen) atoms. The van der Waals surface area contributed by atoms with Crippen molar-refractivity contribution in [3.8, 4) is 0 Å². The number of carbonyl (C=O) groups excluding carboxylic acids is 2. The van der Waals surface area contributed by atoms with Gasteiger partial charge in [0, 0.05) is 11.5 Å². The number of cyclic esters (lactones) is 2. The summed E-state index contributed by atoms with van der Waals surface area (Å²) in [6, 6.07) is -1.26. The molecule has 4 N–H and O–H groups in total. The zero-order chi connectivity index (χ0) is 13.4. The highest BCUT2D eigenvalue weighted by Gasteiger charge is 2.18. The van der Waals surface area contributed by atoms with Crippen LogP contribution in [0.25, 0.3) is 0 Å². The molecule has 1 heterocycles. The fraction of sp³-hybridized carbons (Fsp3) is 0.800. The molecule has 1 saturated heterocycles. The minimum atomic E-state index is -0.631. The first-order valence-electron chi connectivity index (χ1n) is 5.70. The Bertz CT molecular complexity index is 263. The molecular formula is C10H18N2O4S2. The molecular weight excluding hydrogens is 276 g/mol. The highest BCUT2D eigenvalue weighted by Crippen LogP contribution is 2.22. The first-order valence-corrected chi connectivity index (χ1v) is 8.19. The average molecular weight is 294 g/mol. The zero-order valence-electron chi connectivity index (χ0n) is 10.0. The van der Waals surface area contributed by atoms with Gasteiger partial charge in [-0.05, 0) is 12.8 Å². The van der Waals surface area contributed by atoms with Gasteiger partial charge < -0.3 is 20.9 Å². The topological polar surface area (TPSA) is 105 Å². The van der Waals surface area contributed by atoms with E-state index in [1.165, 1.54) is 21.6 Å². The Balaban J connectivity index is 2.42. The predicted octanol–water partition coefficient (Wildman–Crippen LogP) is -0.0974. The van der Waals surface area contributed by atoms with Gasteiger partial charge in [-0.25, -0.2) is 0 Å². The molecule has 6 nitrogen and oxygen atoms in total. The van der Waals surface area contributed by atoms with Crippen molar-refractivity contribution in [2.75, 3.05) is 24.7 Å². The lowest BCUT2D eigenvalue weighted by Crippen LogP contribution is -2.36. The normalized spacial score (nSPS) is 29.0. The highest BCUT2D eigenvalue weighted by molar-refractivity contribution is 8.76. The van der Waals surface area contributed by atoms with Gasteiger partial charge in [0.05, 0.1) is 13.2 Å². The molecule has 0 amide bonds. The second kappa shape index (κ2) is 8.63. The van der Waals surface area contributed by atoms with E-state index in [9.17, 15) is 9.59 Å². The molecule has 2 atom stereocenters. The van der Waals surface area contributed by atoms with Gasteiger partial charge in [0.1, 0.15) is 12.1 Å². The Kier molecular flexibility index (Phi) is 7.48. The fourth-order valence-corrected chi connectivity index (χ4v) is 3.36. The Labute approximate surface area is 114 Å². The van der Waals surface area contributed by atoms with Crippen LogP contribution >= 0.6 is 21.6 Å². The molecule has 0 aromatic heterocycles. The van der Waals surface area contributed by atoms with E-state index < -0.39 is 12.1 Å². The van der Waals surface area contributed by atoms with Crippen molar-refractivity contribution < 1.29 is 19.1 Å². The standard InChI is InChI=1S/C10H18N2O4S2/c11-7-5-17-18-6-8(12)10(14)16-4-2-1-3-15-9(7)13/h7-8H,1-6,11-12H2/t7-,8?/m0/s1. The second-order valence-corrected chi connectivity index (χ2v) is 6.38. The molecule has 1 unspecified atom stereocenters. The van der Waals surface area contributed by atoms with Crippen LogP contribution < -0.4 is 11.5 Å². The van der Waals surface area contributed by atoms with Crippen LogP contribution in [0.4, 0.5) is 0 Å². The van der Waals surface area contributed by atoms with Crippen molar-refractivity contribution in [2.24, 2.45) is 11.5 Å². The number of hydrogen-bond acceptors (Lipinski definition) is 8. The summed E-state index contributed by atoms with van der Waals surface area (Å²) in [5.41, 5.74) is 11.3. The average Bonchev–Trinajstić information content (AvgIpc) is 2.36. The molecule has 0 radical (unpaired) electrons. The third-order valence-electron chi connectivity index (χ3n) is 2.21. The Morgan fingerprint density at radius 3 is 1.67 bits per heavy atom. The summed E-state index contributed by atoms with van der Waals surface area (Å²) in [5.74, 6) is 0.0965. The van der Waals surface area contributed by atoms with E-state index in [0.717, 1.165) is 0 Å². The Hall–Kier alpha value is -0.440. The Morgan fingerprint density at radius 2 is 1.28 bits per heavy atom. The monoisotopic (exact) mass is 294 g/mol. The molecule has 0 aromatic rings. The maximum Gasteiger partial charge on any atom is 0.323 e. The molecule has 1 rings (SSSR count). The highest BCUT2D eigenvalue weighted by atomic mass is 33.1.